The number of hydrogen-bond acceptors (Lipinski definition) is 5. The molecule has 0 aliphatic heterocycles. The topological polar surface area (TPSA) is 80.0 Å². The molecule has 0 bridgehead atoms. The number of oxazole rings is 1. The summed E-state index contributed by atoms with van der Waals surface area (Å²) in [6.45, 7) is 2.03. The third-order valence-corrected chi connectivity index (χ3v) is 4.99. The van der Waals surface area contributed by atoms with Gasteiger partial charge in [0.2, 0.25) is 0 Å². The van der Waals surface area contributed by atoms with Gasteiger partial charge in [0.15, 0.2) is 16.6 Å². The lowest BCUT2D eigenvalue weighted by Crippen LogP contribution is -2.34. The molecule has 0 fully saturated rings. The normalized spacial score (nSPS) is 10.7. The molecule has 0 spiro atoms. The zero-order valence-corrected chi connectivity index (χ0v) is 18.4. The van der Waals surface area contributed by atoms with E-state index in [1.165, 1.54) is 6.20 Å². The van der Waals surface area contributed by atoms with Crippen LogP contribution >= 0.6 is 28.1 Å². The van der Waals surface area contributed by atoms with Crippen molar-refractivity contribution in [3.05, 3.63) is 88.0 Å². The number of halogens is 1. The number of pyridine rings is 1. The van der Waals surface area contributed by atoms with E-state index in [9.17, 15) is 4.79 Å². The highest BCUT2D eigenvalue weighted by Crippen LogP contribution is 2.20. The average molecular weight is 481 g/mol. The van der Waals surface area contributed by atoms with Crippen molar-refractivity contribution < 1.29 is 9.21 Å². The molecule has 0 aliphatic rings. The van der Waals surface area contributed by atoms with Gasteiger partial charge >= 0.3 is 0 Å². The molecule has 0 saturated heterocycles. The molecule has 2 heterocycles. The molecular weight excluding hydrogens is 464 g/mol. The fourth-order valence-corrected chi connectivity index (χ4v) is 3.49. The Labute approximate surface area is 186 Å². The lowest BCUT2D eigenvalue weighted by molar-refractivity contribution is 0.0977. The van der Waals surface area contributed by atoms with E-state index in [-0.39, 0.29) is 11.0 Å². The average Bonchev–Trinajstić information content (AvgIpc) is 3.10. The van der Waals surface area contributed by atoms with Crippen molar-refractivity contribution in [3.63, 3.8) is 0 Å². The summed E-state index contributed by atoms with van der Waals surface area (Å²) in [6, 6.07) is 15.3. The molecule has 0 aliphatic carbocycles. The van der Waals surface area contributed by atoms with Crippen molar-refractivity contribution in [2.45, 2.75) is 13.3 Å². The van der Waals surface area contributed by atoms with Gasteiger partial charge in [-0.3, -0.25) is 15.1 Å². The third-order valence-electron chi connectivity index (χ3n) is 4.35. The highest BCUT2D eigenvalue weighted by Gasteiger charge is 2.10. The molecule has 0 saturated carbocycles. The van der Waals surface area contributed by atoms with Gasteiger partial charge in [0.1, 0.15) is 5.52 Å². The number of hydrogen-bond donors (Lipinski definition) is 2. The maximum absolute atomic E-state index is 12.2. The number of benzene rings is 2. The van der Waals surface area contributed by atoms with Crippen molar-refractivity contribution in [2.75, 3.05) is 5.32 Å². The molecule has 2 N–H and O–H groups in total. The summed E-state index contributed by atoms with van der Waals surface area (Å²) in [5, 5.41) is 5.86. The second-order valence-electron chi connectivity index (χ2n) is 6.75. The first-order chi connectivity index (χ1) is 14.5. The number of thiocarbonyl (C=S) groups is 1. The highest BCUT2D eigenvalue weighted by molar-refractivity contribution is 9.10. The Morgan fingerprint density at radius 3 is 2.70 bits per heavy atom. The van der Waals surface area contributed by atoms with Crippen molar-refractivity contribution in [3.8, 4) is 0 Å². The van der Waals surface area contributed by atoms with Crippen molar-refractivity contribution in [2.24, 2.45) is 0 Å². The second kappa shape index (κ2) is 8.73. The minimum Gasteiger partial charge on any atom is -0.440 e. The molecule has 4 rings (SSSR count). The van der Waals surface area contributed by atoms with Gasteiger partial charge in [0.05, 0.1) is 5.56 Å². The molecule has 2 aromatic heterocycles. The van der Waals surface area contributed by atoms with Crippen LogP contribution in [0, 0.1) is 6.92 Å². The summed E-state index contributed by atoms with van der Waals surface area (Å²) in [7, 11) is 0. The lowest BCUT2D eigenvalue weighted by Gasteiger charge is -2.10. The van der Waals surface area contributed by atoms with Crippen LogP contribution in [-0.2, 0) is 6.42 Å². The molecule has 8 heteroatoms. The third kappa shape index (κ3) is 4.90. The van der Waals surface area contributed by atoms with Gasteiger partial charge in [-0.05, 0) is 76.5 Å². The molecule has 150 valence electrons. The molecule has 1 amide bonds. The number of aryl methyl sites for hydroxylation is 1. The smallest absolute Gasteiger partial charge is 0.259 e. The van der Waals surface area contributed by atoms with E-state index in [0.29, 0.717) is 17.9 Å². The molecule has 0 atom stereocenters. The van der Waals surface area contributed by atoms with Crippen LogP contribution in [0.4, 0.5) is 5.69 Å². The van der Waals surface area contributed by atoms with E-state index < -0.39 is 0 Å². The fourth-order valence-electron chi connectivity index (χ4n) is 2.92. The van der Waals surface area contributed by atoms with Crippen LogP contribution < -0.4 is 10.6 Å². The Hall–Kier alpha value is -3.10. The minimum absolute atomic E-state index is 0.210. The minimum atomic E-state index is -0.330. The summed E-state index contributed by atoms with van der Waals surface area (Å²) in [6.07, 6.45) is 3.67. The van der Waals surface area contributed by atoms with E-state index in [1.54, 1.807) is 12.3 Å². The maximum atomic E-state index is 12.2. The van der Waals surface area contributed by atoms with Crippen LogP contribution in [0.25, 0.3) is 11.1 Å². The van der Waals surface area contributed by atoms with Gasteiger partial charge in [-0.15, -0.1) is 0 Å². The summed E-state index contributed by atoms with van der Waals surface area (Å²) in [5.74, 6) is 0.339. The Bertz CT molecular complexity index is 1240. The first-order valence-corrected chi connectivity index (χ1v) is 10.3. The molecular formula is C22H17BrN4O2S. The lowest BCUT2D eigenvalue weighted by atomic mass is 10.1. The van der Waals surface area contributed by atoms with Crippen LogP contribution in [0.1, 0.15) is 27.4 Å². The van der Waals surface area contributed by atoms with Gasteiger partial charge < -0.3 is 9.73 Å². The second-order valence-corrected chi connectivity index (χ2v) is 8.08. The SMILES string of the molecule is Cc1ccc2oc(Cc3ccc(NC(=S)NC(=O)c4cncc(Br)c4)cc3)nc2c1. The number of nitrogens with one attached hydrogen (secondary N) is 2. The molecule has 0 unspecified atom stereocenters. The number of nitrogens with zero attached hydrogens (tertiary/aromatic N) is 2. The maximum Gasteiger partial charge on any atom is 0.259 e. The molecule has 30 heavy (non-hydrogen) atoms. The number of anilines is 1. The predicted molar refractivity (Wildman–Crippen MR) is 124 cm³/mol. The summed E-state index contributed by atoms with van der Waals surface area (Å²) >= 11 is 8.52. The van der Waals surface area contributed by atoms with Crippen LogP contribution in [0.3, 0.4) is 0 Å². The highest BCUT2D eigenvalue weighted by atomic mass is 79.9. The van der Waals surface area contributed by atoms with E-state index in [0.717, 1.165) is 32.4 Å². The van der Waals surface area contributed by atoms with Crippen LogP contribution in [-0.4, -0.2) is 21.0 Å². The summed E-state index contributed by atoms with van der Waals surface area (Å²) in [4.78, 5) is 20.8. The van der Waals surface area contributed by atoms with Gasteiger partial charge in [-0.1, -0.05) is 18.2 Å². The van der Waals surface area contributed by atoms with Gasteiger partial charge in [-0.25, -0.2) is 4.98 Å². The first-order valence-electron chi connectivity index (χ1n) is 9.14. The zero-order valence-electron chi connectivity index (χ0n) is 16.0. The van der Waals surface area contributed by atoms with Crippen molar-refractivity contribution in [1.82, 2.24) is 15.3 Å². The molecule has 4 aromatic rings. The van der Waals surface area contributed by atoms with Crippen LogP contribution in [0.15, 0.2) is 69.8 Å². The van der Waals surface area contributed by atoms with E-state index in [2.05, 4.69) is 36.5 Å². The van der Waals surface area contributed by atoms with Crippen molar-refractivity contribution >= 4 is 56.0 Å². The number of fused-ring (bicyclic) bond motifs is 1. The number of amides is 1. The van der Waals surface area contributed by atoms with Gasteiger partial charge in [0.25, 0.3) is 5.91 Å². The van der Waals surface area contributed by atoms with Crippen molar-refractivity contribution in [1.29, 1.82) is 0 Å². The Morgan fingerprint density at radius 2 is 1.93 bits per heavy atom. The molecule has 6 nitrogen and oxygen atoms in total. The van der Waals surface area contributed by atoms with E-state index in [4.69, 9.17) is 16.6 Å². The summed E-state index contributed by atoms with van der Waals surface area (Å²) < 4.78 is 6.53. The Morgan fingerprint density at radius 1 is 1.13 bits per heavy atom. The Balaban J connectivity index is 1.36. The summed E-state index contributed by atoms with van der Waals surface area (Å²) in [5.41, 5.74) is 5.04. The van der Waals surface area contributed by atoms with Crippen LogP contribution in [0.2, 0.25) is 0 Å². The Kier molecular flexibility index (Phi) is 5.87. The van der Waals surface area contributed by atoms with Gasteiger partial charge in [0, 0.05) is 29.0 Å². The number of carbonyl (C=O) groups is 1. The number of carbonyl (C=O) groups excluding carboxylic acids is 1. The van der Waals surface area contributed by atoms with Crippen LogP contribution in [0.5, 0.6) is 0 Å². The van der Waals surface area contributed by atoms with Gasteiger partial charge in [-0.2, -0.15) is 0 Å². The first kappa shape index (κ1) is 20.2. The molecule has 0 radical (unpaired) electrons. The standard InChI is InChI=1S/C22H17BrN4O2S/c1-13-2-7-19-18(8-13)26-20(29-19)9-14-3-5-17(6-4-14)25-22(30)27-21(28)15-10-16(23)12-24-11-15/h2-8,10-12H,9H2,1H3,(H2,25,27,28,30). The monoisotopic (exact) mass is 480 g/mol. The number of aromatic nitrogens is 2. The zero-order chi connectivity index (χ0) is 21.1. The quantitative estimate of drug-likeness (QED) is 0.399. The fraction of sp³-hybridized carbons (Fsp3) is 0.0909. The predicted octanol–water partition coefficient (Wildman–Crippen LogP) is 5.01. The van der Waals surface area contributed by atoms with E-state index in [1.807, 2.05) is 49.4 Å². The largest absolute Gasteiger partial charge is 0.440 e. The molecule has 2 aromatic carbocycles. The number of rotatable bonds is 4. The van der Waals surface area contributed by atoms with E-state index >= 15 is 0 Å².